The first-order valence-electron chi connectivity index (χ1n) is 34.1. The number of anilines is 4. The number of amides is 4. The third-order valence-corrected chi connectivity index (χ3v) is 26.8. The largest absolute Gasteiger partial charge is 0.384 e. The molecule has 0 aromatic heterocycles. The van der Waals surface area contributed by atoms with Crippen molar-refractivity contribution in [2.24, 2.45) is 0 Å². The molecule has 0 saturated carbocycles. The molecule has 8 aromatic carbocycles. The number of nitrogens with zero attached hydrogens (tertiary/aromatic N) is 4. The molecule has 8 aromatic rings. The van der Waals surface area contributed by atoms with Crippen LogP contribution in [0.15, 0.2) is 208 Å². The van der Waals surface area contributed by atoms with E-state index in [0.29, 0.717) is 87.2 Å². The Balaban J connectivity index is 0.000000166. The molecule has 4 saturated heterocycles. The smallest absolute Gasteiger partial charge is 0.255 e. The predicted molar refractivity (Wildman–Crippen MR) is 405 cm³/mol. The van der Waals surface area contributed by atoms with Gasteiger partial charge in [0.05, 0.1) is 80.5 Å². The van der Waals surface area contributed by atoms with Crippen molar-refractivity contribution in [3.05, 3.63) is 238 Å². The van der Waals surface area contributed by atoms with Crippen molar-refractivity contribution in [3.63, 3.8) is 0 Å². The summed E-state index contributed by atoms with van der Waals surface area (Å²) in [6.45, 7) is 9.11. The fourth-order valence-corrected chi connectivity index (χ4v) is 18.8. The summed E-state index contributed by atoms with van der Waals surface area (Å²) < 4.78 is 166. The number of nitrogens with one attached hydrogen (secondary N) is 4. The van der Waals surface area contributed by atoms with E-state index in [1.165, 1.54) is 80.5 Å². The van der Waals surface area contributed by atoms with E-state index in [1.807, 2.05) is 19.1 Å². The maximum atomic E-state index is 13.7. The number of ether oxygens (including phenoxy) is 4. The SMILES string of the molecule is CC(=O)c1ccc(C(=O)Nc2ccccc2S(=O)(=O)N2CCOCC2)cc1.COCCc1ccc(C(=O)Nc2ccccc2S(=O)(=O)N2CCOCC2)cc1.Cc1ccc(C(=O)Nc2ccccc2S(=O)(=O)N2CCOCC2)cc1F.Cc1ccc(C(=O)Nc2ccccc2S(=O)(=O)N2CCS(=O)(=O)CC2)cc1. The Labute approximate surface area is 628 Å². The van der Waals surface area contributed by atoms with Gasteiger partial charge in [-0.3, -0.25) is 24.0 Å². The van der Waals surface area contributed by atoms with Crippen LogP contribution in [0, 0.1) is 19.7 Å². The maximum absolute atomic E-state index is 13.7. The van der Waals surface area contributed by atoms with Crippen LogP contribution in [-0.4, -0.2) is 206 Å². The summed E-state index contributed by atoms with van der Waals surface area (Å²) in [7, 11) is -16.7. The number of aryl methyl sites for hydroxylation is 2. The molecule has 4 fully saturated rings. The van der Waals surface area contributed by atoms with Crippen molar-refractivity contribution in [2.75, 3.05) is 138 Å². The number of carbonyl (C=O) groups excluding carboxylic acids is 5. The quantitative estimate of drug-likeness (QED) is 0.0520. The highest BCUT2D eigenvalue weighted by Crippen LogP contribution is 2.31. The van der Waals surface area contributed by atoms with E-state index in [4.69, 9.17) is 18.9 Å². The number of methoxy groups -OCH3 is 1. The lowest BCUT2D eigenvalue weighted by Gasteiger charge is -2.27. The summed E-state index contributed by atoms with van der Waals surface area (Å²) in [4.78, 5) is 61.5. The Morgan fingerprint density at radius 2 is 0.694 bits per heavy atom. The van der Waals surface area contributed by atoms with Gasteiger partial charge >= 0.3 is 0 Å². The molecule has 4 N–H and O–H groups in total. The van der Waals surface area contributed by atoms with E-state index < -0.39 is 73.5 Å². The van der Waals surface area contributed by atoms with Crippen LogP contribution in [0.5, 0.6) is 0 Å². The molecule has 0 atom stereocenters. The summed E-state index contributed by atoms with van der Waals surface area (Å²) in [5, 5.41) is 10.6. The molecule has 4 heterocycles. The van der Waals surface area contributed by atoms with Gasteiger partial charge in [-0.05, 0) is 135 Å². The van der Waals surface area contributed by atoms with Crippen molar-refractivity contribution in [3.8, 4) is 0 Å². The summed E-state index contributed by atoms with van der Waals surface area (Å²) in [6.07, 6.45) is 0.763. The van der Waals surface area contributed by atoms with Crippen molar-refractivity contribution in [1.29, 1.82) is 0 Å². The normalized spacial score (nSPS) is 15.9. The number of Topliss-reactive ketones (excluding diaryl/α,β-unsaturated/α-hetero) is 1. The van der Waals surface area contributed by atoms with Crippen LogP contribution in [-0.2, 0) is 75.3 Å². The summed E-state index contributed by atoms with van der Waals surface area (Å²) in [5.41, 5.74) is 5.12. The van der Waals surface area contributed by atoms with Gasteiger partial charge in [0.15, 0.2) is 15.6 Å². The lowest BCUT2D eigenvalue weighted by atomic mass is 10.1. The van der Waals surface area contributed by atoms with Crippen molar-refractivity contribution < 1.29 is 89.4 Å². The maximum Gasteiger partial charge on any atom is 0.255 e. The number of morpholine rings is 3. The number of sulfone groups is 1. The second-order valence-corrected chi connectivity index (χ2v) is 34.7. The van der Waals surface area contributed by atoms with E-state index in [1.54, 1.807) is 123 Å². The van der Waals surface area contributed by atoms with Crippen LogP contribution in [0.25, 0.3) is 0 Å². The molecule has 0 radical (unpaired) electrons. The first-order chi connectivity index (χ1) is 51.5. The molecule has 27 nitrogen and oxygen atoms in total. The topological polar surface area (TPSA) is 354 Å². The number of rotatable bonds is 20. The van der Waals surface area contributed by atoms with Crippen LogP contribution in [0.1, 0.15) is 75.4 Å². The van der Waals surface area contributed by atoms with Gasteiger partial charge in [0, 0.05) is 87.3 Å². The Morgan fingerprint density at radius 3 is 1.02 bits per heavy atom. The van der Waals surface area contributed by atoms with Gasteiger partial charge < -0.3 is 40.2 Å². The molecule has 33 heteroatoms. The second kappa shape index (κ2) is 37.7. The van der Waals surface area contributed by atoms with Gasteiger partial charge in [0.25, 0.3) is 23.6 Å². The lowest BCUT2D eigenvalue weighted by molar-refractivity contribution is 0.0730. The minimum absolute atomic E-state index is 0.00262. The van der Waals surface area contributed by atoms with Gasteiger partial charge in [0.2, 0.25) is 40.1 Å². The number of sulfonamides is 4. The molecule has 0 spiro atoms. The molecular weight excluding hydrogens is 1500 g/mol. The molecule has 0 unspecified atom stereocenters. The standard InChI is InChI=1S/C20H24N2O5S.C19H20N2O5S.C18H19FN2O4S.C18H20N2O5S2/c1-26-13-10-16-6-8-17(9-7-16)20(23)21-18-4-2-3-5-19(18)28(24,25)22-11-14-27-15-12-22;1-14(22)15-6-8-16(9-7-15)19(23)20-17-4-2-3-5-18(17)27(24,25)21-10-12-26-13-11-21;1-13-6-7-14(12-15(13)19)18(22)20-16-4-2-3-5-17(16)26(23,24)21-8-10-25-11-9-21;1-14-6-8-15(9-7-14)18(21)19-16-4-2-3-5-17(16)27(24,25)20-10-12-26(22,23)13-11-20/h2-9H,10-15H2,1H3,(H,21,23);2-9H,10-13H2,1H3,(H,20,23);2-7,12H,8-11H2,1H3,(H,20,22);2-9H,10-13H2,1H3,(H,19,21). The summed E-state index contributed by atoms with van der Waals surface area (Å²) in [6, 6.07) is 49.4. The fourth-order valence-electron chi connectivity index (χ4n) is 11.1. The van der Waals surface area contributed by atoms with Gasteiger partial charge in [-0.1, -0.05) is 96.6 Å². The third kappa shape index (κ3) is 21.8. The first kappa shape index (κ1) is 82.7. The van der Waals surface area contributed by atoms with E-state index >= 15 is 0 Å². The first-order valence-corrected chi connectivity index (χ1v) is 41.7. The average Bonchev–Trinajstić information content (AvgIpc) is 0.801. The van der Waals surface area contributed by atoms with E-state index in [-0.39, 0.29) is 110 Å². The highest BCUT2D eigenvalue weighted by molar-refractivity contribution is 7.92. The number of hydrogen-bond donors (Lipinski definition) is 4. The molecule has 4 amide bonds. The highest BCUT2D eigenvalue weighted by Gasteiger charge is 2.35. The molecule has 108 heavy (non-hydrogen) atoms. The fraction of sp³-hybridized carbons (Fsp3) is 0.293. The number of halogens is 1. The second-order valence-electron chi connectivity index (χ2n) is 24.8. The molecule has 4 aliphatic rings. The summed E-state index contributed by atoms with van der Waals surface area (Å²) in [5.74, 6) is -2.80. The van der Waals surface area contributed by atoms with Crippen LogP contribution in [0.3, 0.4) is 0 Å². The zero-order valence-corrected chi connectivity index (χ0v) is 63.7. The van der Waals surface area contributed by atoms with Gasteiger partial charge in [-0.15, -0.1) is 0 Å². The number of para-hydroxylation sites is 4. The predicted octanol–water partition coefficient (Wildman–Crippen LogP) is 8.38. The zero-order valence-electron chi connectivity index (χ0n) is 59.6. The molecule has 0 bridgehead atoms. The third-order valence-electron chi connectivity index (χ3n) is 17.3. The monoisotopic (exact) mass is 1580 g/mol. The highest BCUT2D eigenvalue weighted by atomic mass is 32.2. The van der Waals surface area contributed by atoms with Gasteiger partial charge in [-0.25, -0.2) is 46.5 Å². The Hall–Kier alpha value is -9.33. The average molecular weight is 1580 g/mol. The van der Waals surface area contributed by atoms with Gasteiger partial charge in [-0.2, -0.15) is 17.2 Å². The van der Waals surface area contributed by atoms with Crippen LogP contribution in [0.4, 0.5) is 27.1 Å². The van der Waals surface area contributed by atoms with E-state index in [2.05, 4.69) is 21.3 Å². The molecule has 0 aliphatic carbocycles. The van der Waals surface area contributed by atoms with E-state index in [9.17, 15) is 70.5 Å². The number of hydrogen-bond acceptors (Lipinski definition) is 19. The lowest BCUT2D eigenvalue weighted by Crippen LogP contribution is -2.43. The van der Waals surface area contributed by atoms with Crippen molar-refractivity contribution in [2.45, 2.75) is 46.8 Å². The van der Waals surface area contributed by atoms with Crippen LogP contribution < -0.4 is 21.3 Å². The molecular formula is C75H83FN8O19S5. The Bertz CT molecular complexity index is 5110. The Morgan fingerprint density at radius 1 is 0.407 bits per heavy atom. The van der Waals surface area contributed by atoms with Crippen LogP contribution in [0.2, 0.25) is 0 Å². The number of ketones is 1. The number of benzene rings is 8. The van der Waals surface area contributed by atoms with Crippen molar-refractivity contribution in [1.82, 2.24) is 17.2 Å². The number of carbonyl (C=O) groups is 5. The molecule has 12 rings (SSSR count). The van der Waals surface area contributed by atoms with Gasteiger partial charge in [0.1, 0.15) is 25.4 Å². The minimum atomic E-state index is -3.92. The summed E-state index contributed by atoms with van der Waals surface area (Å²) >= 11 is 0. The Kier molecular flexibility index (Phi) is 28.8. The molecule has 4 aliphatic heterocycles. The van der Waals surface area contributed by atoms with Crippen LogP contribution >= 0.6 is 0 Å². The van der Waals surface area contributed by atoms with Crippen molar-refractivity contribution >= 4 is 102 Å². The minimum Gasteiger partial charge on any atom is -0.384 e. The zero-order chi connectivity index (χ0) is 77.8. The molecule has 574 valence electrons. The van der Waals surface area contributed by atoms with E-state index in [0.717, 1.165) is 27.9 Å².